The van der Waals surface area contributed by atoms with Crippen molar-refractivity contribution < 1.29 is 4.79 Å². The van der Waals surface area contributed by atoms with Crippen LogP contribution in [-0.2, 0) is 4.79 Å². The van der Waals surface area contributed by atoms with Crippen LogP contribution >= 0.6 is 0 Å². The summed E-state index contributed by atoms with van der Waals surface area (Å²) in [4.78, 5) is 12.3. The highest BCUT2D eigenvalue weighted by atomic mass is 16.1. The van der Waals surface area contributed by atoms with E-state index in [2.05, 4.69) is 10.2 Å². The summed E-state index contributed by atoms with van der Waals surface area (Å²) in [6.07, 6.45) is 0.251. The van der Waals surface area contributed by atoms with Gasteiger partial charge in [-0.25, -0.2) is 0 Å². The fourth-order valence-electron chi connectivity index (χ4n) is 1.45. The van der Waals surface area contributed by atoms with Gasteiger partial charge in [0.25, 0.3) is 0 Å². The lowest BCUT2D eigenvalue weighted by molar-refractivity contribution is -0.118. The summed E-state index contributed by atoms with van der Waals surface area (Å²) in [5.41, 5.74) is 6.77. The van der Waals surface area contributed by atoms with Crippen LogP contribution in [0, 0.1) is 0 Å². The van der Waals surface area contributed by atoms with Crippen molar-refractivity contribution in [1.29, 1.82) is 0 Å². The van der Waals surface area contributed by atoms with Crippen LogP contribution in [-0.4, -0.2) is 20.9 Å². The Labute approximate surface area is 86.9 Å². The molecule has 2 N–H and O–H groups in total. The Morgan fingerprint density at radius 3 is 2.40 bits per heavy atom. The number of carbonyl (C=O) groups is 1. The first-order valence-electron chi connectivity index (χ1n) is 4.76. The lowest BCUT2D eigenvalue weighted by atomic mass is 10.2. The first kappa shape index (κ1) is 9.64. The molecule has 5 nitrogen and oxygen atoms in total. The zero-order chi connectivity index (χ0) is 10.8. The lowest BCUT2D eigenvalue weighted by Crippen LogP contribution is -2.18. The van der Waals surface area contributed by atoms with E-state index in [-0.39, 0.29) is 18.4 Å². The first-order chi connectivity index (χ1) is 7.16. The number of hydrogen-bond donors (Lipinski definition) is 1. The molecule has 0 bridgehead atoms. The van der Waals surface area contributed by atoms with Crippen LogP contribution < -0.4 is 5.73 Å². The van der Waals surface area contributed by atoms with E-state index in [0.717, 1.165) is 11.0 Å². The minimum absolute atomic E-state index is 0.102. The Kier molecular flexibility index (Phi) is 2.37. The maximum absolute atomic E-state index is 10.8. The summed E-state index contributed by atoms with van der Waals surface area (Å²) in [6.45, 7) is 1.86. The van der Waals surface area contributed by atoms with Gasteiger partial charge in [0.15, 0.2) is 0 Å². The lowest BCUT2D eigenvalue weighted by Gasteiger charge is -2.06. The summed E-state index contributed by atoms with van der Waals surface area (Å²) < 4.78 is 0. The topological polar surface area (TPSA) is 73.8 Å². The predicted octanol–water partition coefficient (Wildman–Crippen LogP) is 0.868. The van der Waals surface area contributed by atoms with Crippen molar-refractivity contribution in [3.63, 3.8) is 0 Å². The third-order valence-electron chi connectivity index (χ3n) is 2.19. The summed E-state index contributed by atoms with van der Waals surface area (Å²) in [6, 6.07) is 7.47. The molecule has 1 aromatic heterocycles. The molecule has 5 heteroatoms. The molecule has 0 aliphatic heterocycles. The van der Waals surface area contributed by atoms with Crippen molar-refractivity contribution in [3.8, 4) is 0 Å². The number of primary amides is 1. The second-order valence-corrected chi connectivity index (χ2v) is 3.53. The molecule has 1 amide bonds. The zero-order valence-electron chi connectivity index (χ0n) is 8.42. The molecule has 2 rings (SSSR count). The third-order valence-corrected chi connectivity index (χ3v) is 2.19. The van der Waals surface area contributed by atoms with Crippen molar-refractivity contribution in [2.24, 2.45) is 5.73 Å². The number of nitrogens with zero attached hydrogens (tertiary/aromatic N) is 3. The number of hydrogen-bond acceptors (Lipinski definition) is 3. The van der Waals surface area contributed by atoms with Crippen LogP contribution in [0.3, 0.4) is 0 Å². The molecule has 78 valence electrons. The van der Waals surface area contributed by atoms with Crippen LogP contribution in [0.5, 0.6) is 0 Å². The van der Waals surface area contributed by atoms with Gasteiger partial charge in [-0.05, 0) is 19.1 Å². The average molecular weight is 204 g/mol. The van der Waals surface area contributed by atoms with Gasteiger partial charge >= 0.3 is 0 Å². The van der Waals surface area contributed by atoms with Gasteiger partial charge < -0.3 is 5.73 Å². The zero-order valence-corrected chi connectivity index (χ0v) is 8.42. The molecule has 0 spiro atoms. The van der Waals surface area contributed by atoms with Gasteiger partial charge in [-0.1, -0.05) is 12.1 Å². The number of nitrogens with two attached hydrogens (primary N) is 1. The maximum atomic E-state index is 10.8. The van der Waals surface area contributed by atoms with Crippen LogP contribution in [0.15, 0.2) is 24.3 Å². The van der Waals surface area contributed by atoms with Gasteiger partial charge in [0.1, 0.15) is 11.0 Å². The van der Waals surface area contributed by atoms with Gasteiger partial charge in [-0.2, -0.15) is 15.0 Å². The van der Waals surface area contributed by atoms with Crippen molar-refractivity contribution in [2.45, 2.75) is 19.4 Å². The van der Waals surface area contributed by atoms with Crippen molar-refractivity contribution in [2.75, 3.05) is 0 Å². The average Bonchev–Trinajstić information content (AvgIpc) is 2.59. The number of rotatable bonds is 3. The molecule has 1 unspecified atom stereocenters. The van der Waals surface area contributed by atoms with Gasteiger partial charge in [-0.15, -0.1) is 0 Å². The molecule has 0 aliphatic carbocycles. The standard InChI is InChI=1S/C10H12N4O/c1-7(6-10(11)15)14-12-8-4-2-3-5-9(8)13-14/h2-5,7H,6H2,1H3,(H2,11,15). The minimum Gasteiger partial charge on any atom is -0.370 e. The molecule has 0 radical (unpaired) electrons. The van der Waals surface area contributed by atoms with Gasteiger partial charge in [0.05, 0.1) is 12.5 Å². The summed E-state index contributed by atoms with van der Waals surface area (Å²) >= 11 is 0. The Hall–Kier alpha value is -1.91. The Bertz CT molecular complexity index is 458. The van der Waals surface area contributed by atoms with Gasteiger partial charge in [0.2, 0.25) is 5.91 Å². The second kappa shape index (κ2) is 3.68. The van der Waals surface area contributed by atoms with Crippen LogP contribution in [0.1, 0.15) is 19.4 Å². The number of fused-ring (bicyclic) bond motifs is 1. The summed E-state index contributed by atoms with van der Waals surface area (Å²) in [5, 5.41) is 8.53. The largest absolute Gasteiger partial charge is 0.370 e. The monoisotopic (exact) mass is 204 g/mol. The van der Waals surface area contributed by atoms with Crippen molar-refractivity contribution in [1.82, 2.24) is 15.0 Å². The molecule has 2 aromatic rings. The Morgan fingerprint density at radius 2 is 1.93 bits per heavy atom. The van der Waals surface area contributed by atoms with Gasteiger partial charge in [0, 0.05) is 0 Å². The number of amides is 1. The molecule has 0 saturated heterocycles. The minimum atomic E-state index is -0.344. The van der Waals surface area contributed by atoms with E-state index in [1.54, 1.807) is 0 Å². The molecule has 15 heavy (non-hydrogen) atoms. The Balaban J connectivity index is 2.32. The quantitative estimate of drug-likeness (QED) is 0.806. The van der Waals surface area contributed by atoms with E-state index in [1.807, 2.05) is 31.2 Å². The second-order valence-electron chi connectivity index (χ2n) is 3.53. The predicted molar refractivity (Wildman–Crippen MR) is 56.1 cm³/mol. The highest BCUT2D eigenvalue weighted by molar-refractivity contribution is 5.74. The maximum Gasteiger partial charge on any atom is 0.219 e. The highest BCUT2D eigenvalue weighted by Crippen LogP contribution is 2.12. The van der Waals surface area contributed by atoms with E-state index >= 15 is 0 Å². The number of benzene rings is 1. The smallest absolute Gasteiger partial charge is 0.219 e. The molecule has 0 fully saturated rings. The summed E-state index contributed by atoms with van der Waals surface area (Å²) in [5.74, 6) is -0.344. The van der Waals surface area contributed by atoms with E-state index in [4.69, 9.17) is 5.73 Å². The third kappa shape index (κ3) is 1.96. The van der Waals surface area contributed by atoms with E-state index in [0.29, 0.717) is 0 Å². The first-order valence-corrected chi connectivity index (χ1v) is 4.76. The van der Waals surface area contributed by atoms with Gasteiger partial charge in [-0.3, -0.25) is 4.79 Å². The van der Waals surface area contributed by atoms with Crippen LogP contribution in [0.2, 0.25) is 0 Å². The highest BCUT2D eigenvalue weighted by Gasteiger charge is 2.11. The van der Waals surface area contributed by atoms with E-state index < -0.39 is 0 Å². The number of carbonyl (C=O) groups excluding carboxylic acids is 1. The van der Waals surface area contributed by atoms with E-state index in [9.17, 15) is 4.79 Å². The van der Waals surface area contributed by atoms with Crippen LogP contribution in [0.25, 0.3) is 11.0 Å². The molecule has 1 heterocycles. The van der Waals surface area contributed by atoms with E-state index in [1.165, 1.54) is 4.80 Å². The molecule has 0 aliphatic rings. The fourth-order valence-corrected chi connectivity index (χ4v) is 1.45. The van der Waals surface area contributed by atoms with Crippen LogP contribution in [0.4, 0.5) is 0 Å². The molecular weight excluding hydrogens is 192 g/mol. The fraction of sp³-hybridized carbons (Fsp3) is 0.300. The molecular formula is C10H12N4O. The normalized spacial score (nSPS) is 12.9. The summed E-state index contributed by atoms with van der Waals surface area (Å²) in [7, 11) is 0. The molecule has 1 atom stereocenters. The molecule has 1 aromatic carbocycles. The molecule has 0 saturated carbocycles. The van der Waals surface area contributed by atoms with Crippen molar-refractivity contribution in [3.05, 3.63) is 24.3 Å². The Morgan fingerprint density at radius 1 is 1.40 bits per heavy atom. The number of aromatic nitrogens is 3. The SMILES string of the molecule is CC(CC(N)=O)n1nc2ccccc2n1. The van der Waals surface area contributed by atoms with Crippen molar-refractivity contribution >= 4 is 16.9 Å².